The first kappa shape index (κ1) is 14.9. The zero-order valence-electron chi connectivity index (χ0n) is 13.1. The average Bonchev–Trinajstić information content (AvgIpc) is 3.18. The number of nitrogens with zero attached hydrogens (tertiary/aromatic N) is 1. The molecule has 110 valence electrons. The Labute approximate surface area is 122 Å². The van der Waals surface area contributed by atoms with Crippen LogP contribution in [-0.4, -0.2) is 25.0 Å². The van der Waals surface area contributed by atoms with Gasteiger partial charge in [0.1, 0.15) is 0 Å². The highest BCUT2D eigenvalue weighted by Gasteiger charge is 2.29. The molecular formula is C17H26N2O. The van der Waals surface area contributed by atoms with Gasteiger partial charge in [0, 0.05) is 18.3 Å². The summed E-state index contributed by atoms with van der Waals surface area (Å²) in [5, 5.41) is 3.12. The van der Waals surface area contributed by atoms with Gasteiger partial charge in [0.25, 0.3) is 0 Å². The fraction of sp³-hybridized carbons (Fsp3) is 0.588. The van der Waals surface area contributed by atoms with Gasteiger partial charge >= 0.3 is 0 Å². The second kappa shape index (κ2) is 6.29. The molecule has 1 aliphatic rings. The molecule has 1 saturated carbocycles. The van der Waals surface area contributed by atoms with Gasteiger partial charge in [-0.05, 0) is 69.7 Å². The lowest BCUT2D eigenvalue weighted by molar-refractivity contribution is -0.120. The predicted molar refractivity (Wildman–Crippen MR) is 84.1 cm³/mol. The van der Waals surface area contributed by atoms with Crippen LogP contribution in [0.2, 0.25) is 0 Å². The van der Waals surface area contributed by atoms with Crippen molar-refractivity contribution in [1.82, 2.24) is 5.32 Å². The van der Waals surface area contributed by atoms with Crippen LogP contribution in [0.5, 0.6) is 0 Å². The van der Waals surface area contributed by atoms with Crippen LogP contribution < -0.4 is 10.2 Å². The summed E-state index contributed by atoms with van der Waals surface area (Å²) in [5.41, 5.74) is 3.62. The SMILES string of the molecule is CCN(CC(=O)NC(C)C1CC1)c1cc(C)cc(C)c1. The number of anilines is 1. The molecule has 0 aromatic heterocycles. The quantitative estimate of drug-likeness (QED) is 0.864. The lowest BCUT2D eigenvalue weighted by atomic mass is 10.1. The molecule has 0 heterocycles. The monoisotopic (exact) mass is 274 g/mol. The summed E-state index contributed by atoms with van der Waals surface area (Å²) < 4.78 is 0. The van der Waals surface area contributed by atoms with E-state index in [1.54, 1.807) is 0 Å². The van der Waals surface area contributed by atoms with Crippen molar-refractivity contribution in [3.63, 3.8) is 0 Å². The molecule has 0 bridgehead atoms. The van der Waals surface area contributed by atoms with E-state index in [0.29, 0.717) is 18.5 Å². The van der Waals surface area contributed by atoms with E-state index in [1.165, 1.54) is 24.0 Å². The second-order valence-electron chi connectivity index (χ2n) is 6.05. The maximum absolute atomic E-state index is 12.1. The normalized spacial score (nSPS) is 15.8. The highest BCUT2D eigenvalue weighted by molar-refractivity contribution is 5.81. The lowest BCUT2D eigenvalue weighted by Crippen LogP contribution is -2.42. The number of hydrogen-bond acceptors (Lipinski definition) is 2. The van der Waals surface area contributed by atoms with Gasteiger partial charge in [0.15, 0.2) is 0 Å². The van der Waals surface area contributed by atoms with Crippen LogP contribution in [0.4, 0.5) is 5.69 Å². The van der Waals surface area contributed by atoms with Gasteiger partial charge in [-0.15, -0.1) is 0 Å². The van der Waals surface area contributed by atoms with Gasteiger partial charge in [0.2, 0.25) is 5.91 Å². The number of benzene rings is 1. The van der Waals surface area contributed by atoms with E-state index in [-0.39, 0.29) is 5.91 Å². The fourth-order valence-electron chi connectivity index (χ4n) is 2.71. The molecule has 1 aromatic rings. The Hall–Kier alpha value is -1.51. The van der Waals surface area contributed by atoms with E-state index in [1.807, 2.05) is 0 Å². The minimum absolute atomic E-state index is 0.130. The summed E-state index contributed by atoms with van der Waals surface area (Å²) in [6.45, 7) is 9.68. The number of rotatable bonds is 6. The van der Waals surface area contributed by atoms with Crippen molar-refractivity contribution in [2.75, 3.05) is 18.0 Å². The molecule has 1 N–H and O–H groups in total. The first-order valence-electron chi connectivity index (χ1n) is 7.62. The molecule has 1 amide bonds. The average molecular weight is 274 g/mol. The molecule has 20 heavy (non-hydrogen) atoms. The number of aryl methyl sites for hydroxylation is 2. The van der Waals surface area contributed by atoms with Crippen molar-refractivity contribution in [2.24, 2.45) is 5.92 Å². The lowest BCUT2D eigenvalue weighted by Gasteiger charge is -2.24. The van der Waals surface area contributed by atoms with Crippen LogP contribution in [0, 0.1) is 19.8 Å². The maximum atomic E-state index is 12.1. The summed E-state index contributed by atoms with van der Waals surface area (Å²) in [5.74, 6) is 0.834. The van der Waals surface area contributed by atoms with E-state index in [2.05, 4.69) is 56.1 Å². The molecule has 0 radical (unpaired) electrons. The molecule has 1 unspecified atom stereocenters. The van der Waals surface area contributed by atoms with Crippen LogP contribution in [0.1, 0.15) is 37.8 Å². The Balaban J connectivity index is 1.98. The number of likely N-dealkylation sites (N-methyl/N-ethyl adjacent to an activating group) is 1. The van der Waals surface area contributed by atoms with Gasteiger partial charge in [-0.25, -0.2) is 0 Å². The molecule has 3 heteroatoms. The zero-order valence-corrected chi connectivity index (χ0v) is 13.1. The molecule has 0 spiro atoms. The molecule has 0 aliphatic heterocycles. The highest BCUT2D eigenvalue weighted by atomic mass is 16.2. The summed E-state index contributed by atoms with van der Waals surface area (Å²) in [7, 11) is 0. The van der Waals surface area contributed by atoms with Gasteiger partial charge in [-0.1, -0.05) is 6.07 Å². The first-order valence-corrected chi connectivity index (χ1v) is 7.62. The molecule has 1 aliphatic carbocycles. The van der Waals surface area contributed by atoms with E-state index in [9.17, 15) is 4.79 Å². The molecular weight excluding hydrogens is 248 g/mol. The zero-order chi connectivity index (χ0) is 14.7. The van der Waals surface area contributed by atoms with Gasteiger partial charge in [-0.3, -0.25) is 4.79 Å². The molecule has 1 fully saturated rings. The molecule has 1 atom stereocenters. The van der Waals surface area contributed by atoms with Gasteiger partial charge < -0.3 is 10.2 Å². The summed E-state index contributed by atoms with van der Waals surface area (Å²) in [6.07, 6.45) is 2.52. The van der Waals surface area contributed by atoms with Gasteiger partial charge in [0.05, 0.1) is 6.54 Å². The van der Waals surface area contributed by atoms with Gasteiger partial charge in [-0.2, -0.15) is 0 Å². The predicted octanol–water partition coefficient (Wildman–Crippen LogP) is 3.04. The number of carbonyl (C=O) groups is 1. The Bertz CT molecular complexity index is 460. The number of carbonyl (C=O) groups excluding carboxylic acids is 1. The van der Waals surface area contributed by atoms with Crippen molar-refractivity contribution < 1.29 is 4.79 Å². The molecule has 3 nitrogen and oxygen atoms in total. The fourth-order valence-corrected chi connectivity index (χ4v) is 2.71. The molecule has 0 saturated heterocycles. The van der Waals surface area contributed by atoms with E-state index < -0.39 is 0 Å². The van der Waals surface area contributed by atoms with E-state index in [0.717, 1.165) is 12.2 Å². The van der Waals surface area contributed by atoms with Crippen LogP contribution >= 0.6 is 0 Å². The summed E-state index contributed by atoms with van der Waals surface area (Å²) in [6, 6.07) is 6.77. The third kappa shape index (κ3) is 3.99. The third-order valence-electron chi connectivity index (χ3n) is 4.01. The van der Waals surface area contributed by atoms with Crippen molar-refractivity contribution in [3.05, 3.63) is 29.3 Å². The molecule has 2 rings (SSSR count). The van der Waals surface area contributed by atoms with Crippen molar-refractivity contribution in [2.45, 2.75) is 46.6 Å². The Kier molecular flexibility index (Phi) is 4.69. The number of amides is 1. The largest absolute Gasteiger partial charge is 0.362 e. The third-order valence-corrected chi connectivity index (χ3v) is 4.01. The topological polar surface area (TPSA) is 32.3 Å². The Morgan fingerprint density at radius 1 is 1.30 bits per heavy atom. The van der Waals surface area contributed by atoms with Crippen molar-refractivity contribution in [3.8, 4) is 0 Å². The minimum atomic E-state index is 0.130. The van der Waals surface area contributed by atoms with E-state index >= 15 is 0 Å². The van der Waals surface area contributed by atoms with Crippen LogP contribution in [0.15, 0.2) is 18.2 Å². The minimum Gasteiger partial charge on any atom is -0.362 e. The summed E-state index contributed by atoms with van der Waals surface area (Å²) in [4.78, 5) is 14.3. The van der Waals surface area contributed by atoms with Crippen molar-refractivity contribution >= 4 is 11.6 Å². The van der Waals surface area contributed by atoms with Crippen molar-refractivity contribution in [1.29, 1.82) is 0 Å². The van der Waals surface area contributed by atoms with E-state index in [4.69, 9.17) is 0 Å². The Morgan fingerprint density at radius 3 is 2.40 bits per heavy atom. The van der Waals surface area contributed by atoms with Crippen LogP contribution in [-0.2, 0) is 4.79 Å². The standard InChI is InChI=1S/C17H26N2O/c1-5-19(16-9-12(2)8-13(3)10-16)11-17(20)18-14(4)15-6-7-15/h8-10,14-15H,5-7,11H2,1-4H3,(H,18,20). The first-order chi connectivity index (χ1) is 9.49. The van der Waals surface area contributed by atoms with Crippen LogP contribution in [0.3, 0.4) is 0 Å². The Morgan fingerprint density at radius 2 is 1.90 bits per heavy atom. The highest BCUT2D eigenvalue weighted by Crippen LogP contribution is 2.32. The second-order valence-corrected chi connectivity index (χ2v) is 6.05. The van der Waals surface area contributed by atoms with Crippen LogP contribution in [0.25, 0.3) is 0 Å². The smallest absolute Gasteiger partial charge is 0.239 e. The summed E-state index contributed by atoms with van der Waals surface area (Å²) >= 11 is 0. The molecule has 1 aromatic carbocycles. The maximum Gasteiger partial charge on any atom is 0.239 e. The number of nitrogens with one attached hydrogen (secondary N) is 1. The number of hydrogen-bond donors (Lipinski definition) is 1.